The number of nitrogens with one attached hydrogen (secondary N) is 1. The summed E-state index contributed by atoms with van der Waals surface area (Å²) in [5.41, 5.74) is -2.19. The van der Waals surface area contributed by atoms with E-state index in [1.165, 1.54) is 0 Å². The van der Waals surface area contributed by atoms with Crippen LogP contribution in [0.5, 0.6) is 5.75 Å². The highest BCUT2D eigenvalue weighted by Gasteiger charge is 2.26. The lowest BCUT2D eigenvalue weighted by Gasteiger charge is -2.10. The first kappa shape index (κ1) is 12.6. The predicted octanol–water partition coefficient (Wildman–Crippen LogP) is -0.0315. The molecule has 0 aliphatic carbocycles. The number of halogens is 2. The van der Waals surface area contributed by atoms with Crippen molar-refractivity contribution in [2.24, 2.45) is 5.14 Å². The van der Waals surface area contributed by atoms with E-state index in [-0.39, 0.29) is 0 Å². The summed E-state index contributed by atoms with van der Waals surface area (Å²) in [6, 6.07) is 0. The van der Waals surface area contributed by atoms with Crippen molar-refractivity contribution in [2.45, 2.75) is 11.3 Å². The monoisotopic (exact) mass is 254 g/mol. The van der Waals surface area contributed by atoms with Crippen LogP contribution in [0.2, 0.25) is 0 Å². The van der Waals surface area contributed by atoms with Gasteiger partial charge in [-0.1, -0.05) is 0 Å². The smallest absolute Gasteiger partial charge is 0.272 e. The molecule has 0 spiro atoms. The maximum Gasteiger partial charge on any atom is 0.272 e. The Morgan fingerprint density at radius 2 is 2.06 bits per heavy atom. The molecule has 0 bridgehead atoms. The first-order valence-corrected chi connectivity index (χ1v) is 5.44. The summed E-state index contributed by atoms with van der Waals surface area (Å²) in [6.45, 7) is 0. The van der Waals surface area contributed by atoms with Crippen molar-refractivity contribution in [2.75, 3.05) is 7.11 Å². The Balaban J connectivity index is 3.70. The van der Waals surface area contributed by atoms with Gasteiger partial charge in [0.2, 0.25) is 10.0 Å². The lowest BCUT2D eigenvalue weighted by molar-refractivity contribution is 0.144. The molecule has 0 aromatic carbocycles. The number of nitrogens with two attached hydrogens (primary N) is 1. The molecule has 90 valence electrons. The number of aromatic amines is 1. The van der Waals surface area contributed by atoms with Crippen molar-refractivity contribution in [3.05, 3.63) is 22.1 Å². The van der Waals surface area contributed by atoms with Gasteiger partial charge in [-0.15, -0.1) is 0 Å². The largest absolute Gasteiger partial charge is 0.495 e. The fourth-order valence-corrected chi connectivity index (χ4v) is 1.81. The molecule has 0 saturated heterocycles. The van der Waals surface area contributed by atoms with Crippen molar-refractivity contribution in [1.82, 2.24) is 4.98 Å². The number of alkyl halides is 2. The van der Waals surface area contributed by atoms with Crippen LogP contribution in [0.4, 0.5) is 8.78 Å². The third-order valence-corrected chi connectivity index (χ3v) is 2.69. The van der Waals surface area contributed by atoms with Gasteiger partial charge in [0.1, 0.15) is 10.5 Å². The molecule has 3 N–H and O–H groups in total. The normalized spacial score (nSPS) is 11.8. The van der Waals surface area contributed by atoms with Gasteiger partial charge in [-0.05, 0) is 0 Å². The zero-order valence-corrected chi connectivity index (χ0v) is 8.85. The highest BCUT2D eigenvalue weighted by Crippen LogP contribution is 2.30. The molecule has 0 fully saturated rings. The van der Waals surface area contributed by atoms with Crippen LogP contribution in [0.15, 0.2) is 15.9 Å². The first-order valence-electron chi connectivity index (χ1n) is 3.89. The Labute approximate surface area is 89.1 Å². The number of sulfonamides is 1. The highest BCUT2D eigenvalue weighted by molar-refractivity contribution is 7.89. The van der Waals surface area contributed by atoms with E-state index < -0.39 is 38.2 Å². The molecule has 0 aliphatic rings. The molecular formula is C7H8F2N2O4S. The molecule has 0 unspecified atom stereocenters. The Hall–Kier alpha value is -1.48. The van der Waals surface area contributed by atoms with Crippen LogP contribution in [0.3, 0.4) is 0 Å². The fraction of sp³-hybridized carbons (Fsp3) is 0.286. The molecule has 1 rings (SSSR count). The van der Waals surface area contributed by atoms with E-state index >= 15 is 0 Å². The number of pyridine rings is 1. The maximum atomic E-state index is 12.5. The van der Waals surface area contributed by atoms with E-state index in [1.54, 1.807) is 0 Å². The second kappa shape index (κ2) is 4.18. The topological polar surface area (TPSA) is 102 Å². The third-order valence-electron chi connectivity index (χ3n) is 1.78. The summed E-state index contributed by atoms with van der Waals surface area (Å²) >= 11 is 0. The van der Waals surface area contributed by atoms with Gasteiger partial charge in [0, 0.05) is 6.20 Å². The molecule has 1 heterocycles. The quantitative estimate of drug-likeness (QED) is 0.790. The molecule has 9 heteroatoms. The lowest BCUT2D eigenvalue weighted by atomic mass is 10.2. The van der Waals surface area contributed by atoms with E-state index in [0.717, 1.165) is 7.11 Å². The van der Waals surface area contributed by atoms with Crippen LogP contribution in [0.1, 0.15) is 12.0 Å². The number of hydrogen-bond donors (Lipinski definition) is 2. The minimum absolute atomic E-state index is 0.690. The van der Waals surface area contributed by atoms with Gasteiger partial charge in [0.25, 0.3) is 12.0 Å². The molecule has 0 amide bonds. The van der Waals surface area contributed by atoms with Gasteiger partial charge in [0.15, 0.2) is 5.75 Å². The second-order valence-corrected chi connectivity index (χ2v) is 4.30. The number of rotatable bonds is 3. The van der Waals surface area contributed by atoms with Gasteiger partial charge in [-0.25, -0.2) is 22.3 Å². The van der Waals surface area contributed by atoms with Crippen molar-refractivity contribution in [3.8, 4) is 5.75 Å². The summed E-state index contributed by atoms with van der Waals surface area (Å²) in [4.78, 5) is 12.2. The summed E-state index contributed by atoms with van der Waals surface area (Å²) in [5, 5.41) is 4.78. The second-order valence-electron chi connectivity index (χ2n) is 2.77. The summed E-state index contributed by atoms with van der Waals surface area (Å²) in [5.74, 6) is -0.735. The molecule has 16 heavy (non-hydrogen) atoms. The van der Waals surface area contributed by atoms with Gasteiger partial charge in [-0.2, -0.15) is 0 Å². The molecule has 0 aliphatic heterocycles. The van der Waals surface area contributed by atoms with E-state index in [9.17, 15) is 22.0 Å². The van der Waals surface area contributed by atoms with Crippen LogP contribution >= 0.6 is 0 Å². The SMILES string of the molecule is COc1c(S(N)(=O)=O)c[nH]c(=O)c1C(F)F. The van der Waals surface area contributed by atoms with E-state index in [0.29, 0.717) is 6.20 Å². The van der Waals surface area contributed by atoms with Crippen molar-refractivity contribution in [1.29, 1.82) is 0 Å². The Morgan fingerprint density at radius 3 is 2.44 bits per heavy atom. The number of H-pyrrole nitrogens is 1. The van der Waals surface area contributed by atoms with E-state index in [1.807, 2.05) is 4.98 Å². The molecule has 6 nitrogen and oxygen atoms in total. The maximum absolute atomic E-state index is 12.5. The molecule has 0 radical (unpaired) electrons. The number of primary sulfonamides is 1. The molecule has 1 aromatic rings. The molecule has 0 saturated carbocycles. The van der Waals surface area contributed by atoms with Crippen LogP contribution in [0, 0.1) is 0 Å². The van der Waals surface area contributed by atoms with Crippen molar-refractivity contribution >= 4 is 10.0 Å². The van der Waals surface area contributed by atoms with Gasteiger partial charge < -0.3 is 9.72 Å². The Kier molecular flexibility index (Phi) is 3.29. The van der Waals surface area contributed by atoms with Gasteiger partial charge in [-0.3, -0.25) is 4.79 Å². The lowest BCUT2D eigenvalue weighted by Crippen LogP contribution is -2.21. The summed E-state index contributed by atoms with van der Waals surface area (Å²) in [6.07, 6.45) is -2.46. The molecular weight excluding hydrogens is 246 g/mol. The zero-order chi connectivity index (χ0) is 12.5. The van der Waals surface area contributed by atoms with Gasteiger partial charge in [0.05, 0.1) is 7.11 Å². The average Bonchev–Trinajstić information content (AvgIpc) is 2.14. The number of methoxy groups -OCH3 is 1. The Morgan fingerprint density at radius 1 is 1.50 bits per heavy atom. The van der Waals surface area contributed by atoms with Crippen LogP contribution in [-0.2, 0) is 10.0 Å². The highest BCUT2D eigenvalue weighted by atomic mass is 32.2. The first-order chi connectivity index (χ1) is 7.29. The predicted molar refractivity (Wildman–Crippen MR) is 49.9 cm³/mol. The van der Waals surface area contributed by atoms with E-state index in [4.69, 9.17) is 5.14 Å². The van der Waals surface area contributed by atoms with Crippen molar-refractivity contribution < 1.29 is 21.9 Å². The fourth-order valence-electron chi connectivity index (χ4n) is 1.13. The van der Waals surface area contributed by atoms with Crippen LogP contribution in [-0.4, -0.2) is 20.5 Å². The average molecular weight is 254 g/mol. The Bertz CT molecular complexity index is 552. The zero-order valence-electron chi connectivity index (χ0n) is 8.03. The number of ether oxygens (including phenoxy) is 1. The van der Waals surface area contributed by atoms with Crippen LogP contribution < -0.4 is 15.4 Å². The number of aromatic nitrogens is 1. The third kappa shape index (κ3) is 2.19. The minimum Gasteiger partial charge on any atom is -0.495 e. The van der Waals surface area contributed by atoms with Crippen molar-refractivity contribution in [3.63, 3.8) is 0 Å². The van der Waals surface area contributed by atoms with E-state index in [2.05, 4.69) is 4.74 Å². The standard InChI is InChI=1S/C7H8F2N2O4S/c1-15-5-3(16(10,13)14)2-11-7(12)4(5)6(8)9/h2,6H,1H3,(H,11,12)(H2,10,13,14). The van der Waals surface area contributed by atoms with Crippen LogP contribution in [0.25, 0.3) is 0 Å². The van der Waals surface area contributed by atoms with Gasteiger partial charge >= 0.3 is 0 Å². The minimum atomic E-state index is -4.25. The summed E-state index contributed by atoms with van der Waals surface area (Å²) in [7, 11) is -3.28. The number of hydrogen-bond acceptors (Lipinski definition) is 4. The summed E-state index contributed by atoms with van der Waals surface area (Å²) < 4.78 is 51.6. The molecule has 0 atom stereocenters. The molecule has 1 aromatic heterocycles.